The molecule has 7 heteroatoms. The smallest absolute Gasteiger partial charge is 0.317 e. The predicted molar refractivity (Wildman–Crippen MR) is 96.0 cm³/mol. The van der Waals surface area contributed by atoms with Crippen LogP contribution in [0.25, 0.3) is 10.4 Å². The molecule has 2 aromatic rings. The molecule has 6 nitrogen and oxygen atoms in total. The first-order chi connectivity index (χ1) is 11.5. The van der Waals surface area contributed by atoms with E-state index in [0.29, 0.717) is 5.00 Å². The van der Waals surface area contributed by atoms with Gasteiger partial charge in [-0.25, -0.2) is 4.79 Å². The molecule has 1 aliphatic heterocycles. The summed E-state index contributed by atoms with van der Waals surface area (Å²) in [6.45, 7) is 3.29. The Morgan fingerprint density at radius 3 is 2.38 bits per heavy atom. The minimum atomic E-state index is -0.716. The molecule has 3 amide bonds. The van der Waals surface area contributed by atoms with Crippen molar-refractivity contribution in [1.82, 2.24) is 4.90 Å². The van der Waals surface area contributed by atoms with Crippen LogP contribution < -0.4 is 16.8 Å². The number of carbonyl (C=O) groups excluding carboxylic acids is 2. The van der Waals surface area contributed by atoms with Gasteiger partial charge in [-0.3, -0.25) is 15.0 Å². The zero-order valence-electron chi connectivity index (χ0n) is 13.2. The van der Waals surface area contributed by atoms with E-state index in [1.165, 1.54) is 29.7 Å². The Morgan fingerprint density at radius 2 is 1.79 bits per heavy atom. The highest BCUT2D eigenvalue weighted by atomic mass is 32.1. The van der Waals surface area contributed by atoms with Gasteiger partial charge in [-0.2, -0.15) is 0 Å². The number of nitrogens with two attached hydrogens (primary N) is 2. The van der Waals surface area contributed by atoms with Crippen LogP contribution in [0.4, 0.5) is 9.80 Å². The number of nitrogens with one attached hydrogen (secondary N) is 1. The zero-order chi connectivity index (χ0) is 17.1. The van der Waals surface area contributed by atoms with Gasteiger partial charge >= 0.3 is 6.03 Å². The van der Waals surface area contributed by atoms with E-state index in [1.807, 2.05) is 12.1 Å². The Balaban J connectivity index is 1.80. The van der Waals surface area contributed by atoms with Crippen molar-refractivity contribution in [3.05, 3.63) is 41.5 Å². The number of amides is 3. The van der Waals surface area contributed by atoms with Gasteiger partial charge in [0.1, 0.15) is 5.00 Å². The van der Waals surface area contributed by atoms with Crippen molar-refractivity contribution in [1.29, 1.82) is 0 Å². The largest absolute Gasteiger partial charge is 0.366 e. The van der Waals surface area contributed by atoms with Crippen molar-refractivity contribution in [3.8, 4) is 10.4 Å². The normalized spacial score (nSPS) is 14.7. The molecule has 5 N–H and O–H groups in total. The first-order valence-electron chi connectivity index (χ1n) is 7.84. The fraction of sp³-hybridized carbons (Fsp3) is 0.294. The molecule has 3 rings (SSSR count). The standard InChI is InChI=1S/C17H20N4O2S/c18-15(22)13-9-14(24-16(13)20-17(19)23)12-5-3-11(4-6-12)10-21-7-1-2-8-21/h3-6,9H,1-2,7-8,10H2,(H2,18,22)(H3,19,20,23). The van der Waals surface area contributed by atoms with E-state index >= 15 is 0 Å². The summed E-state index contributed by atoms with van der Waals surface area (Å²) in [5.41, 5.74) is 13.0. The van der Waals surface area contributed by atoms with Crippen LogP contribution >= 0.6 is 11.3 Å². The SMILES string of the molecule is NC(=O)Nc1sc(-c2ccc(CN3CCCC3)cc2)cc1C(N)=O. The van der Waals surface area contributed by atoms with Gasteiger partial charge in [-0.1, -0.05) is 24.3 Å². The number of urea groups is 1. The summed E-state index contributed by atoms with van der Waals surface area (Å²) in [5, 5.41) is 2.84. The zero-order valence-corrected chi connectivity index (χ0v) is 14.1. The summed E-state index contributed by atoms with van der Waals surface area (Å²) in [7, 11) is 0. The molecule has 24 heavy (non-hydrogen) atoms. The third-order valence-corrected chi connectivity index (χ3v) is 5.18. The van der Waals surface area contributed by atoms with E-state index in [4.69, 9.17) is 11.5 Å². The quantitative estimate of drug-likeness (QED) is 0.777. The lowest BCUT2D eigenvalue weighted by atomic mass is 10.1. The average molecular weight is 344 g/mol. The average Bonchev–Trinajstić information content (AvgIpc) is 3.17. The third-order valence-electron chi connectivity index (χ3n) is 4.08. The van der Waals surface area contributed by atoms with Gasteiger partial charge in [0.2, 0.25) is 0 Å². The van der Waals surface area contributed by atoms with Crippen LogP contribution in [0.3, 0.4) is 0 Å². The molecule has 1 aliphatic rings. The molecule has 2 heterocycles. The summed E-state index contributed by atoms with van der Waals surface area (Å²) in [4.78, 5) is 25.9. The molecule has 0 spiro atoms. The molecule has 1 aromatic heterocycles. The van der Waals surface area contributed by atoms with Crippen LogP contribution in [-0.2, 0) is 6.54 Å². The highest BCUT2D eigenvalue weighted by molar-refractivity contribution is 7.20. The molecule has 0 radical (unpaired) electrons. The Morgan fingerprint density at radius 1 is 1.12 bits per heavy atom. The van der Waals surface area contributed by atoms with Crippen LogP contribution in [-0.4, -0.2) is 29.9 Å². The van der Waals surface area contributed by atoms with Crippen molar-refractivity contribution in [3.63, 3.8) is 0 Å². The summed E-state index contributed by atoms with van der Waals surface area (Å²) in [6.07, 6.45) is 2.55. The maximum atomic E-state index is 11.5. The first kappa shape index (κ1) is 16.5. The van der Waals surface area contributed by atoms with Crippen molar-refractivity contribution in [2.45, 2.75) is 19.4 Å². The second kappa shape index (κ2) is 7.02. The van der Waals surface area contributed by atoms with E-state index in [2.05, 4.69) is 22.3 Å². The van der Waals surface area contributed by atoms with Gasteiger partial charge in [0.05, 0.1) is 5.56 Å². The molecule has 1 aromatic carbocycles. The van der Waals surface area contributed by atoms with Crippen LogP contribution in [0.2, 0.25) is 0 Å². The highest BCUT2D eigenvalue weighted by Crippen LogP contribution is 2.35. The molecular formula is C17H20N4O2S. The lowest BCUT2D eigenvalue weighted by molar-refractivity contribution is 0.100. The van der Waals surface area contributed by atoms with Crippen LogP contribution in [0, 0.1) is 0 Å². The maximum Gasteiger partial charge on any atom is 0.317 e. The Kier molecular flexibility index (Phi) is 4.82. The number of carbonyl (C=O) groups is 2. The lowest BCUT2D eigenvalue weighted by Crippen LogP contribution is -2.21. The summed E-state index contributed by atoms with van der Waals surface area (Å²) >= 11 is 1.28. The summed E-state index contributed by atoms with van der Waals surface area (Å²) in [6, 6.07) is 9.21. The van der Waals surface area contributed by atoms with Gasteiger partial charge < -0.3 is 11.5 Å². The van der Waals surface area contributed by atoms with Gasteiger partial charge in [0, 0.05) is 11.4 Å². The number of primary amides is 2. The predicted octanol–water partition coefficient (Wildman–Crippen LogP) is 2.60. The number of rotatable bonds is 5. The number of benzene rings is 1. The molecular weight excluding hydrogens is 324 g/mol. The van der Waals surface area contributed by atoms with Gasteiger partial charge in [-0.15, -0.1) is 11.3 Å². The Bertz CT molecular complexity index is 748. The van der Waals surface area contributed by atoms with Crippen LogP contribution in [0.15, 0.2) is 30.3 Å². The number of anilines is 1. The van der Waals surface area contributed by atoms with Crippen molar-refractivity contribution >= 4 is 28.3 Å². The van der Waals surface area contributed by atoms with Gasteiger partial charge in [0.15, 0.2) is 0 Å². The minimum Gasteiger partial charge on any atom is -0.366 e. The van der Waals surface area contributed by atoms with Crippen molar-refractivity contribution in [2.24, 2.45) is 11.5 Å². The molecule has 0 atom stereocenters. The number of hydrogen-bond donors (Lipinski definition) is 3. The molecule has 0 aliphatic carbocycles. The number of thiophene rings is 1. The van der Waals surface area contributed by atoms with Crippen LogP contribution in [0.1, 0.15) is 28.8 Å². The first-order valence-corrected chi connectivity index (χ1v) is 8.66. The molecule has 1 saturated heterocycles. The monoisotopic (exact) mass is 344 g/mol. The van der Waals surface area contributed by atoms with Gasteiger partial charge in [0.25, 0.3) is 5.91 Å². The number of nitrogens with zero attached hydrogens (tertiary/aromatic N) is 1. The van der Waals surface area contributed by atoms with Gasteiger partial charge in [-0.05, 0) is 43.1 Å². The molecule has 0 unspecified atom stereocenters. The molecule has 0 bridgehead atoms. The second-order valence-electron chi connectivity index (χ2n) is 5.89. The van der Waals surface area contributed by atoms with Crippen LogP contribution in [0.5, 0.6) is 0 Å². The Labute approximate surface area is 144 Å². The van der Waals surface area contributed by atoms with Crippen molar-refractivity contribution < 1.29 is 9.59 Å². The topological polar surface area (TPSA) is 101 Å². The van der Waals surface area contributed by atoms with E-state index in [1.54, 1.807) is 6.07 Å². The summed E-state index contributed by atoms with van der Waals surface area (Å²) < 4.78 is 0. The highest BCUT2D eigenvalue weighted by Gasteiger charge is 2.16. The fourth-order valence-electron chi connectivity index (χ4n) is 2.89. The second-order valence-corrected chi connectivity index (χ2v) is 6.94. The van der Waals surface area contributed by atoms with E-state index in [0.717, 1.165) is 30.1 Å². The van der Waals surface area contributed by atoms with E-state index in [9.17, 15) is 9.59 Å². The molecule has 126 valence electrons. The lowest BCUT2D eigenvalue weighted by Gasteiger charge is -2.14. The Hall–Kier alpha value is -2.38. The molecule has 0 saturated carbocycles. The molecule has 1 fully saturated rings. The maximum absolute atomic E-state index is 11.5. The van der Waals surface area contributed by atoms with E-state index in [-0.39, 0.29) is 5.56 Å². The summed E-state index contributed by atoms with van der Waals surface area (Å²) in [5.74, 6) is -0.591. The number of hydrogen-bond acceptors (Lipinski definition) is 4. The minimum absolute atomic E-state index is 0.273. The third kappa shape index (κ3) is 3.74. The van der Waals surface area contributed by atoms with Crippen molar-refractivity contribution in [2.75, 3.05) is 18.4 Å². The number of likely N-dealkylation sites (tertiary alicyclic amines) is 1. The fourth-order valence-corrected chi connectivity index (χ4v) is 3.97. The van der Waals surface area contributed by atoms with E-state index < -0.39 is 11.9 Å².